The van der Waals surface area contributed by atoms with Crippen LogP contribution >= 0.6 is 69.1 Å². The second-order valence-electron chi connectivity index (χ2n) is 8.64. The average molecular weight is 663 g/mol. The molecule has 0 N–H and O–H groups in total. The van der Waals surface area contributed by atoms with Gasteiger partial charge in [0.1, 0.15) is 9.75 Å². The van der Waals surface area contributed by atoms with Gasteiger partial charge in [-0.15, -0.1) is 22.7 Å². The maximum atomic E-state index is 13.0. The van der Waals surface area contributed by atoms with Crippen molar-refractivity contribution in [1.82, 2.24) is 0 Å². The number of cyclic esters (lactones) is 1. The zero-order chi connectivity index (χ0) is 28.8. The van der Waals surface area contributed by atoms with E-state index in [0.717, 1.165) is 14.8 Å². The summed E-state index contributed by atoms with van der Waals surface area (Å²) in [6, 6.07) is 15.4. The van der Waals surface area contributed by atoms with Gasteiger partial charge in [0.05, 0.1) is 16.7 Å². The summed E-state index contributed by atoms with van der Waals surface area (Å²) in [4.78, 5) is 30.9. The lowest BCUT2D eigenvalue weighted by Crippen LogP contribution is -2.08. The Kier molecular flexibility index (Phi) is 7.72. The first-order chi connectivity index (χ1) is 19.7. The van der Waals surface area contributed by atoms with Crippen molar-refractivity contribution >= 4 is 113 Å². The number of carbonyl (C=O) groups excluding carboxylic acids is 2. The molecule has 12 heteroatoms. The van der Waals surface area contributed by atoms with Crippen molar-refractivity contribution in [3.8, 4) is 11.5 Å². The molecule has 0 bridgehead atoms. The second-order valence-corrected chi connectivity index (χ2v) is 12.4. The first-order valence-corrected chi connectivity index (χ1v) is 15.1. The van der Waals surface area contributed by atoms with Crippen LogP contribution in [0.5, 0.6) is 11.5 Å². The van der Waals surface area contributed by atoms with E-state index >= 15 is 0 Å². The molecule has 6 nitrogen and oxygen atoms in total. The van der Waals surface area contributed by atoms with E-state index in [0.29, 0.717) is 48.3 Å². The van der Waals surface area contributed by atoms with Gasteiger partial charge in [0.2, 0.25) is 5.90 Å². The van der Waals surface area contributed by atoms with Crippen LogP contribution in [0.4, 0.5) is 0 Å². The van der Waals surface area contributed by atoms with Gasteiger partial charge in [0, 0.05) is 30.2 Å². The van der Waals surface area contributed by atoms with Crippen LogP contribution in [0, 0.1) is 0 Å². The van der Waals surface area contributed by atoms with E-state index in [2.05, 4.69) is 4.99 Å². The molecule has 3 heterocycles. The first-order valence-electron chi connectivity index (χ1n) is 12.0. The number of hydrogen-bond acceptors (Lipinski definition) is 8. The Hall–Kier alpha value is -3.11. The third kappa shape index (κ3) is 5.44. The summed E-state index contributed by atoms with van der Waals surface area (Å²) in [6.45, 7) is 2.11. The lowest BCUT2D eigenvalue weighted by molar-refractivity contribution is -0.129. The molecule has 0 aliphatic carbocycles. The number of carbonyl (C=O) groups is 2. The van der Waals surface area contributed by atoms with E-state index in [4.69, 9.17) is 60.6 Å². The second kappa shape index (κ2) is 11.3. The van der Waals surface area contributed by atoms with Gasteiger partial charge in [0.25, 0.3) is 0 Å². The van der Waals surface area contributed by atoms with Crippen molar-refractivity contribution in [3.05, 3.63) is 95.7 Å². The highest BCUT2D eigenvalue weighted by atomic mass is 35.5. The van der Waals surface area contributed by atoms with E-state index < -0.39 is 11.9 Å². The molecule has 0 unspecified atom stereocenters. The Bertz CT molecular complexity index is 1960. The molecule has 5 aromatic rings. The zero-order valence-corrected chi connectivity index (χ0v) is 25.5. The van der Waals surface area contributed by atoms with E-state index in [1.165, 1.54) is 22.7 Å². The third-order valence-electron chi connectivity index (χ3n) is 5.96. The number of rotatable bonds is 6. The SMILES string of the molecule is CCOc1cc(/C=C2/N=C(c3sc4cc(Cl)ccc4c3Cl)OC2=O)ccc1OC(=O)c1sc2cc(Cl)ccc2c1Cl. The summed E-state index contributed by atoms with van der Waals surface area (Å²) in [6.07, 6.45) is 1.55. The molecule has 0 atom stereocenters. The van der Waals surface area contributed by atoms with Gasteiger partial charge in [-0.1, -0.05) is 64.6 Å². The topological polar surface area (TPSA) is 74.2 Å². The van der Waals surface area contributed by atoms with E-state index in [1.54, 1.807) is 61.5 Å². The number of aliphatic imine (C=N–C) groups is 1. The van der Waals surface area contributed by atoms with Crippen LogP contribution < -0.4 is 9.47 Å². The number of fused-ring (bicyclic) bond motifs is 2. The minimum Gasteiger partial charge on any atom is -0.490 e. The van der Waals surface area contributed by atoms with Crippen LogP contribution in [0.1, 0.15) is 27.0 Å². The molecule has 206 valence electrons. The van der Waals surface area contributed by atoms with Crippen molar-refractivity contribution in [2.75, 3.05) is 6.61 Å². The normalized spacial score (nSPS) is 14.1. The van der Waals surface area contributed by atoms with Crippen molar-refractivity contribution in [2.45, 2.75) is 6.92 Å². The molecule has 0 spiro atoms. The molecule has 41 heavy (non-hydrogen) atoms. The van der Waals surface area contributed by atoms with E-state index in [1.807, 2.05) is 6.07 Å². The molecule has 3 aromatic carbocycles. The number of thiophene rings is 2. The largest absolute Gasteiger partial charge is 0.490 e. The summed E-state index contributed by atoms with van der Waals surface area (Å²) in [7, 11) is 0. The Morgan fingerprint density at radius 2 is 1.59 bits per heavy atom. The molecule has 1 aliphatic rings. The fourth-order valence-corrected chi connectivity index (χ4v) is 7.50. The fourth-order valence-electron chi connectivity index (χ4n) is 4.12. The van der Waals surface area contributed by atoms with E-state index in [-0.39, 0.29) is 22.2 Å². The van der Waals surface area contributed by atoms with E-state index in [9.17, 15) is 9.59 Å². The number of nitrogens with zero attached hydrogens (tertiary/aromatic N) is 1. The van der Waals surface area contributed by atoms with Gasteiger partial charge in [-0.25, -0.2) is 14.6 Å². The minimum absolute atomic E-state index is 0.0782. The molecule has 1 aliphatic heterocycles. The van der Waals surface area contributed by atoms with Gasteiger partial charge in [-0.3, -0.25) is 0 Å². The van der Waals surface area contributed by atoms with Gasteiger partial charge < -0.3 is 14.2 Å². The van der Waals surface area contributed by atoms with Crippen LogP contribution in [0.3, 0.4) is 0 Å². The number of benzene rings is 3. The molecule has 0 saturated carbocycles. The molecule has 0 saturated heterocycles. The van der Waals surface area contributed by atoms with Crippen molar-refractivity contribution in [3.63, 3.8) is 0 Å². The van der Waals surface area contributed by atoms with Gasteiger partial charge in [0.15, 0.2) is 17.2 Å². The first kappa shape index (κ1) is 28.0. The smallest absolute Gasteiger partial charge is 0.363 e. The van der Waals surface area contributed by atoms with Crippen LogP contribution in [0.15, 0.2) is 65.3 Å². The lowest BCUT2D eigenvalue weighted by atomic mass is 10.1. The number of halogens is 4. The fraction of sp³-hybridized carbons (Fsp3) is 0.0690. The highest BCUT2D eigenvalue weighted by molar-refractivity contribution is 7.22. The minimum atomic E-state index is -0.630. The quantitative estimate of drug-likeness (QED) is 0.103. The van der Waals surface area contributed by atoms with Crippen LogP contribution in [-0.2, 0) is 9.53 Å². The van der Waals surface area contributed by atoms with Gasteiger partial charge >= 0.3 is 11.9 Å². The summed E-state index contributed by atoms with van der Waals surface area (Å²) in [5.41, 5.74) is 0.656. The van der Waals surface area contributed by atoms with Crippen LogP contribution in [-0.4, -0.2) is 24.4 Å². The molecular weight excluding hydrogens is 648 g/mol. The summed E-state index contributed by atoms with van der Waals surface area (Å²) < 4.78 is 18.4. The van der Waals surface area contributed by atoms with Crippen LogP contribution in [0.2, 0.25) is 20.1 Å². The standard InChI is InChI=1S/C29H15Cl4NO5S2/c1-2-37-20-10-13(3-8-19(20)38-29(36)26-24(33)17-7-5-15(31)12-22(17)41-26)9-18-28(35)39-27(34-18)25-23(32)16-6-4-14(30)11-21(16)40-25/h3-12H,2H2,1H3/b18-9+. The van der Waals surface area contributed by atoms with Crippen molar-refractivity contribution < 1.29 is 23.8 Å². The Morgan fingerprint density at radius 1 is 0.902 bits per heavy atom. The molecule has 0 amide bonds. The molecule has 6 rings (SSSR count). The zero-order valence-electron chi connectivity index (χ0n) is 20.8. The summed E-state index contributed by atoms with van der Waals surface area (Å²) >= 11 is 27.7. The monoisotopic (exact) mass is 661 g/mol. The predicted octanol–water partition coefficient (Wildman–Crippen LogP) is 9.69. The average Bonchev–Trinajstić information content (AvgIpc) is 3.57. The molecule has 0 radical (unpaired) electrons. The maximum Gasteiger partial charge on any atom is 0.363 e. The highest BCUT2D eigenvalue weighted by Gasteiger charge is 2.28. The number of ether oxygens (including phenoxy) is 3. The van der Waals surface area contributed by atoms with Crippen molar-refractivity contribution in [2.24, 2.45) is 4.99 Å². The predicted molar refractivity (Wildman–Crippen MR) is 167 cm³/mol. The maximum absolute atomic E-state index is 13.0. The Labute approximate surface area is 261 Å². The van der Waals surface area contributed by atoms with Crippen LogP contribution in [0.25, 0.3) is 26.2 Å². The van der Waals surface area contributed by atoms with Gasteiger partial charge in [-0.05, 0) is 55.0 Å². The Balaban J connectivity index is 1.29. The lowest BCUT2D eigenvalue weighted by Gasteiger charge is -2.11. The van der Waals surface area contributed by atoms with Gasteiger partial charge in [-0.2, -0.15) is 0 Å². The Morgan fingerprint density at radius 3 is 2.29 bits per heavy atom. The molecule has 2 aromatic heterocycles. The third-order valence-corrected chi connectivity index (χ3v) is 9.71. The number of esters is 2. The summed E-state index contributed by atoms with van der Waals surface area (Å²) in [5, 5.41) is 3.34. The summed E-state index contributed by atoms with van der Waals surface area (Å²) in [5.74, 6) is -0.649. The molecular formula is C29H15Cl4NO5S2. The highest BCUT2D eigenvalue weighted by Crippen LogP contribution is 2.40. The van der Waals surface area contributed by atoms with Crippen molar-refractivity contribution in [1.29, 1.82) is 0 Å². The number of hydrogen-bond donors (Lipinski definition) is 0. The molecule has 0 fully saturated rings.